The van der Waals surface area contributed by atoms with E-state index in [0.29, 0.717) is 0 Å². The molecule has 0 saturated heterocycles. The monoisotopic (exact) mass is 368 g/mol. The molecule has 0 saturated carbocycles. The van der Waals surface area contributed by atoms with Gasteiger partial charge < -0.3 is 18.9 Å². The SMILES string of the molecule is COc1cc(OC)c2c(c1CC=C(C)C)O[C@@H](c1ccccc1)C[C@@H]2OC. The van der Waals surface area contributed by atoms with Crippen molar-refractivity contribution >= 4 is 0 Å². The molecule has 2 aromatic carbocycles. The van der Waals surface area contributed by atoms with Gasteiger partial charge in [0.25, 0.3) is 0 Å². The smallest absolute Gasteiger partial charge is 0.137 e. The number of hydrogen-bond acceptors (Lipinski definition) is 4. The highest BCUT2D eigenvalue weighted by Crippen LogP contribution is 2.51. The predicted octanol–water partition coefficient (Wildman–Crippen LogP) is 5.42. The molecule has 2 atom stereocenters. The Balaban J connectivity index is 2.16. The first-order valence-electron chi connectivity index (χ1n) is 9.24. The summed E-state index contributed by atoms with van der Waals surface area (Å²) in [5.41, 5.74) is 4.38. The van der Waals surface area contributed by atoms with Crippen molar-refractivity contribution in [3.63, 3.8) is 0 Å². The Morgan fingerprint density at radius 3 is 2.37 bits per heavy atom. The van der Waals surface area contributed by atoms with Gasteiger partial charge in [-0.15, -0.1) is 0 Å². The lowest BCUT2D eigenvalue weighted by Crippen LogP contribution is -2.22. The lowest BCUT2D eigenvalue weighted by Gasteiger charge is -2.34. The van der Waals surface area contributed by atoms with Crippen molar-refractivity contribution in [1.29, 1.82) is 0 Å². The Labute approximate surface area is 161 Å². The van der Waals surface area contributed by atoms with Crippen molar-refractivity contribution in [3.8, 4) is 17.2 Å². The summed E-state index contributed by atoms with van der Waals surface area (Å²) >= 11 is 0. The molecule has 2 aromatic rings. The second-order valence-corrected chi connectivity index (χ2v) is 6.97. The van der Waals surface area contributed by atoms with Crippen LogP contribution in [-0.4, -0.2) is 21.3 Å². The Hall–Kier alpha value is -2.46. The molecule has 0 fully saturated rings. The van der Waals surface area contributed by atoms with Crippen molar-refractivity contribution < 1.29 is 18.9 Å². The van der Waals surface area contributed by atoms with Crippen LogP contribution in [0.25, 0.3) is 0 Å². The van der Waals surface area contributed by atoms with E-state index in [1.165, 1.54) is 5.57 Å². The molecule has 3 rings (SSSR count). The normalized spacial score (nSPS) is 18.3. The first kappa shape index (κ1) is 19.3. The third kappa shape index (κ3) is 3.96. The lowest BCUT2D eigenvalue weighted by molar-refractivity contribution is 0.0274. The van der Waals surface area contributed by atoms with Crippen LogP contribution >= 0.6 is 0 Å². The Kier molecular flexibility index (Phi) is 6.07. The molecule has 0 aliphatic carbocycles. The molecule has 0 amide bonds. The fourth-order valence-corrected chi connectivity index (χ4v) is 3.55. The van der Waals surface area contributed by atoms with E-state index in [9.17, 15) is 0 Å². The van der Waals surface area contributed by atoms with Crippen molar-refractivity contribution in [2.75, 3.05) is 21.3 Å². The molecule has 27 heavy (non-hydrogen) atoms. The molecule has 1 aliphatic heterocycles. The summed E-state index contributed by atoms with van der Waals surface area (Å²) in [6.45, 7) is 4.18. The van der Waals surface area contributed by atoms with Crippen molar-refractivity contribution in [1.82, 2.24) is 0 Å². The zero-order chi connectivity index (χ0) is 19.4. The van der Waals surface area contributed by atoms with Gasteiger partial charge in [-0.2, -0.15) is 0 Å². The molecule has 0 N–H and O–H groups in total. The predicted molar refractivity (Wildman–Crippen MR) is 107 cm³/mol. The van der Waals surface area contributed by atoms with Crippen LogP contribution in [-0.2, 0) is 11.2 Å². The van der Waals surface area contributed by atoms with E-state index >= 15 is 0 Å². The van der Waals surface area contributed by atoms with Gasteiger partial charge in [0.2, 0.25) is 0 Å². The van der Waals surface area contributed by atoms with Gasteiger partial charge in [0.05, 0.1) is 25.9 Å². The molecule has 0 aromatic heterocycles. The summed E-state index contributed by atoms with van der Waals surface area (Å²) in [4.78, 5) is 0. The summed E-state index contributed by atoms with van der Waals surface area (Å²) in [7, 11) is 5.08. The number of fused-ring (bicyclic) bond motifs is 1. The number of methoxy groups -OCH3 is 3. The van der Waals surface area contributed by atoms with Gasteiger partial charge >= 0.3 is 0 Å². The molecular weight excluding hydrogens is 340 g/mol. The first-order chi connectivity index (χ1) is 13.1. The third-order valence-electron chi connectivity index (χ3n) is 4.96. The summed E-state index contributed by atoms with van der Waals surface area (Å²) < 4.78 is 23.7. The molecule has 0 bridgehead atoms. The van der Waals surface area contributed by atoms with Crippen LogP contribution in [0.4, 0.5) is 0 Å². The maximum absolute atomic E-state index is 6.53. The Morgan fingerprint density at radius 2 is 1.78 bits per heavy atom. The summed E-state index contributed by atoms with van der Waals surface area (Å²) in [5.74, 6) is 2.32. The maximum Gasteiger partial charge on any atom is 0.137 e. The molecule has 0 radical (unpaired) electrons. The third-order valence-corrected chi connectivity index (χ3v) is 4.96. The van der Waals surface area contributed by atoms with E-state index < -0.39 is 0 Å². The van der Waals surface area contributed by atoms with Crippen LogP contribution in [0.1, 0.15) is 49.2 Å². The number of rotatable bonds is 6. The highest BCUT2D eigenvalue weighted by atomic mass is 16.5. The van der Waals surface area contributed by atoms with Gasteiger partial charge in [-0.05, 0) is 25.8 Å². The minimum atomic E-state index is -0.106. The van der Waals surface area contributed by atoms with E-state index in [-0.39, 0.29) is 12.2 Å². The van der Waals surface area contributed by atoms with Gasteiger partial charge in [0.15, 0.2) is 0 Å². The summed E-state index contributed by atoms with van der Waals surface area (Å²) in [5, 5.41) is 0. The average molecular weight is 368 g/mol. The molecule has 4 heteroatoms. The maximum atomic E-state index is 6.53. The topological polar surface area (TPSA) is 36.9 Å². The van der Waals surface area contributed by atoms with Crippen molar-refractivity contribution in [3.05, 3.63) is 64.7 Å². The Bertz CT molecular complexity index is 807. The second kappa shape index (κ2) is 8.49. The van der Waals surface area contributed by atoms with Gasteiger partial charge in [0, 0.05) is 25.2 Å². The number of benzene rings is 2. The summed E-state index contributed by atoms with van der Waals surface area (Å²) in [6.07, 6.45) is 3.46. The van der Waals surface area contributed by atoms with Crippen LogP contribution in [0.3, 0.4) is 0 Å². The first-order valence-corrected chi connectivity index (χ1v) is 9.24. The minimum absolute atomic E-state index is 0.0779. The highest BCUT2D eigenvalue weighted by molar-refractivity contribution is 5.60. The van der Waals surface area contributed by atoms with Gasteiger partial charge in [-0.3, -0.25) is 0 Å². The average Bonchev–Trinajstić information content (AvgIpc) is 2.71. The van der Waals surface area contributed by atoms with E-state index in [4.69, 9.17) is 18.9 Å². The molecule has 144 valence electrons. The zero-order valence-corrected chi connectivity index (χ0v) is 16.7. The molecule has 4 nitrogen and oxygen atoms in total. The number of allylic oxidation sites excluding steroid dienone is 2. The largest absolute Gasteiger partial charge is 0.496 e. The van der Waals surface area contributed by atoms with Crippen LogP contribution in [0.15, 0.2) is 48.0 Å². The number of ether oxygens (including phenoxy) is 4. The molecule has 1 heterocycles. The van der Waals surface area contributed by atoms with E-state index in [0.717, 1.165) is 46.8 Å². The second-order valence-electron chi connectivity index (χ2n) is 6.97. The Morgan fingerprint density at radius 1 is 1.07 bits per heavy atom. The molecule has 1 aliphatic rings. The van der Waals surface area contributed by atoms with E-state index in [1.54, 1.807) is 21.3 Å². The standard InChI is InChI=1S/C23H28O4/c1-15(2)11-12-17-19(24-3)14-21(26-5)22-20(25-4)13-18(27-23(17)22)16-9-7-6-8-10-16/h6-11,14,18,20H,12-13H2,1-5H3/t18-,20+/m1/s1. The molecular formula is C23H28O4. The van der Waals surface area contributed by atoms with Crippen molar-refractivity contribution in [2.45, 2.75) is 38.9 Å². The fourth-order valence-electron chi connectivity index (χ4n) is 3.55. The van der Waals surface area contributed by atoms with Crippen molar-refractivity contribution in [2.24, 2.45) is 0 Å². The quantitative estimate of drug-likeness (QED) is 0.638. The van der Waals surface area contributed by atoms with Gasteiger partial charge in [-0.1, -0.05) is 42.0 Å². The minimum Gasteiger partial charge on any atom is -0.496 e. The molecule has 0 unspecified atom stereocenters. The van der Waals surface area contributed by atoms with Crippen LogP contribution in [0.2, 0.25) is 0 Å². The highest BCUT2D eigenvalue weighted by Gasteiger charge is 2.35. The lowest BCUT2D eigenvalue weighted by atomic mass is 9.91. The fraction of sp³-hybridized carbons (Fsp3) is 0.391. The van der Waals surface area contributed by atoms with Crippen LogP contribution < -0.4 is 14.2 Å². The van der Waals surface area contributed by atoms with Crippen LogP contribution in [0.5, 0.6) is 17.2 Å². The van der Waals surface area contributed by atoms with Gasteiger partial charge in [0.1, 0.15) is 23.4 Å². The van der Waals surface area contributed by atoms with Crippen LogP contribution in [0, 0.1) is 0 Å². The zero-order valence-electron chi connectivity index (χ0n) is 16.7. The number of hydrogen-bond donors (Lipinski definition) is 0. The molecule has 0 spiro atoms. The van der Waals surface area contributed by atoms with Gasteiger partial charge in [-0.25, -0.2) is 0 Å². The van der Waals surface area contributed by atoms with E-state index in [2.05, 4.69) is 32.1 Å². The van der Waals surface area contributed by atoms with E-state index in [1.807, 2.05) is 24.3 Å². The summed E-state index contributed by atoms with van der Waals surface area (Å²) in [6, 6.07) is 12.2.